The third kappa shape index (κ3) is 5.39. The van der Waals surface area contributed by atoms with Crippen LogP contribution in [-0.4, -0.2) is 61.1 Å². The molecule has 0 aliphatic carbocycles. The third-order valence-corrected chi connectivity index (χ3v) is 26.6. The predicted molar refractivity (Wildman–Crippen MR) is 120 cm³/mol. The van der Waals surface area contributed by atoms with Gasteiger partial charge in [-0.25, -0.2) is 0 Å². The quantitative estimate of drug-likeness (QED) is 0.333. The van der Waals surface area contributed by atoms with Gasteiger partial charge in [0.15, 0.2) is 0 Å². The van der Waals surface area contributed by atoms with E-state index in [0.717, 1.165) is 5.03 Å². The first kappa shape index (κ1) is 23.4. The molecule has 2 aliphatic heterocycles. The fourth-order valence-electron chi connectivity index (χ4n) is 3.81. The van der Waals surface area contributed by atoms with E-state index in [2.05, 4.69) is 31.9 Å². The van der Waals surface area contributed by atoms with E-state index < -0.39 is 28.6 Å². The molecule has 0 aromatic rings. The van der Waals surface area contributed by atoms with Crippen molar-refractivity contribution in [2.45, 2.75) is 72.6 Å². The van der Waals surface area contributed by atoms with E-state index in [1.165, 1.54) is 60.4 Å². The molecule has 0 fully saturated rings. The van der Waals surface area contributed by atoms with Crippen LogP contribution in [0.5, 0.6) is 0 Å². The van der Waals surface area contributed by atoms with Gasteiger partial charge in [0.25, 0.3) is 0 Å². The molecule has 2 rings (SSSR count). The fraction of sp³-hybridized carbons (Fsp3) is 0.789. The third-order valence-electron chi connectivity index (χ3n) is 5.62. The molecule has 27 heavy (non-hydrogen) atoms. The van der Waals surface area contributed by atoms with Crippen LogP contribution >= 0.6 is 11.8 Å². The Balaban J connectivity index is 2.23. The monoisotopic (exact) mass is 523 g/mol. The average molecular weight is 522 g/mol. The molecule has 0 aromatic carbocycles. The minimum absolute atomic E-state index is 0.420. The fourth-order valence-corrected chi connectivity index (χ4v) is 24.9. The second-order valence-electron chi connectivity index (χ2n) is 7.94. The number of fused-ring (bicyclic) bond motifs is 1. The van der Waals surface area contributed by atoms with Crippen molar-refractivity contribution in [3.8, 4) is 0 Å². The van der Waals surface area contributed by atoms with E-state index in [9.17, 15) is 8.42 Å². The van der Waals surface area contributed by atoms with Crippen LogP contribution in [0.25, 0.3) is 0 Å². The van der Waals surface area contributed by atoms with E-state index in [0.29, 0.717) is 6.67 Å². The van der Waals surface area contributed by atoms with E-state index >= 15 is 0 Å². The van der Waals surface area contributed by atoms with Crippen molar-refractivity contribution in [2.24, 2.45) is 0 Å². The normalized spacial score (nSPS) is 17.6. The second-order valence-corrected chi connectivity index (χ2v) is 25.3. The Morgan fingerprint density at radius 3 is 1.93 bits per heavy atom. The van der Waals surface area contributed by atoms with Gasteiger partial charge in [0, 0.05) is 0 Å². The summed E-state index contributed by atoms with van der Waals surface area (Å²) < 4.78 is 33.6. The summed E-state index contributed by atoms with van der Waals surface area (Å²) in [6.07, 6.45) is 12.0. The molecule has 2 heterocycles. The number of thioether (sulfide) groups is 1. The summed E-state index contributed by atoms with van der Waals surface area (Å²) >= 11 is -0.537. The Morgan fingerprint density at radius 1 is 1.00 bits per heavy atom. The van der Waals surface area contributed by atoms with Gasteiger partial charge in [-0.15, -0.1) is 0 Å². The van der Waals surface area contributed by atoms with Gasteiger partial charge in [-0.2, -0.15) is 0 Å². The molecule has 8 heteroatoms. The molecule has 0 aromatic heterocycles. The molecule has 0 saturated heterocycles. The van der Waals surface area contributed by atoms with Crippen LogP contribution in [0.2, 0.25) is 13.3 Å². The molecule has 156 valence electrons. The summed E-state index contributed by atoms with van der Waals surface area (Å²) in [4.78, 5) is 2.16. The minimum atomic E-state index is -3.39. The molecular weight excluding hydrogens is 485 g/mol. The van der Waals surface area contributed by atoms with Gasteiger partial charge in [-0.1, -0.05) is 0 Å². The van der Waals surface area contributed by atoms with Gasteiger partial charge in [-0.3, -0.25) is 0 Å². The topological polar surface area (TPSA) is 43.9 Å². The Hall–Kier alpha value is 0.139. The number of hydrogen-bond acceptors (Lipinski definition) is 4. The average Bonchev–Trinajstić information content (AvgIpc) is 3.21. The van der Waals surface area contributed by atoms with Crippen LogP contribution in [0.3, 0.4) is 0 Å². The molecule has 0 N–H and O–H groups in total. The molecule has 0 bridgehead atoms. The van der Waals surface area contributed by atoms with Crippen molar-refractivity contribution in [3.63, 3.8) is 0 Å². The van der Waals surface area contributed by atoms with E-state index in [4.69, 9.17) is 0 Å². The maximum atomic E-state index is 12.4. The predicted octanol–water partition coefficient (Wildman–Crippen LogP) is 5.14. The van der Waals surface area contributed by atoms with Crippen LogP contribution in [0, 0.1) is 0 Å². The summed E-state index contributed by atoms with van der Waals surface area (Å²) in [5.41, 5.74) is 0. The van der Waals surface area contributed by atoms with Gasteiger partial charge in [0.05, 0.1) is 0 Å². The zero-order valence-electron chi connectivity index (χ0n) is 17.7. The zero-order chi connectivity index (χ0) is 20.1. The van der Waals surface area contributed by atoms with Crippen molar-refractivity contribution in [1.82, 2.24) is 13.5 Å². The number of hydrogen-bond donors (Lipinski definition) is 0. The molecule has 0 atom stereocenters. The molecular formula is C19H37N3O2S2Sn. The van der Waals surface area contributed by atoms with Crippen LogP contribution in [0.15, 0.2) is 20.4 Å². The van der Waals surface area contributed by atoms with Crippen LogP contribution < -0.4 is 0 Å². The van der Waals surface area contributed by atoms with Crippen LogP contribution in [0.4, 0.5) is 0 Å². The molecule has 0 amide bonds. The first-order valence-electron chi connectivity index (χ1n) is 10.4. The Morgan fingerprint density at radius 2 is 1.52 bits per heavy atom. The molecule has 0 spiro atoms. The SMILES string of the molecule is CCC[CH2][Sn]([CH2]CCC)([CH2]CCC)[C]1=CN2CN(S(=O)(=O)N(C)C)C=C2S1. The van der Waals surface area contributed by atoms with Crippen molar-refractivity contribution in [3.05, 3.63) is 20.4 Å². The summed E-state index contributed by atoms with van der Waals surface area (Å²) in [6, 6.07) is 0. The molecule has 2 aliphatic rings. The van der Waals surface area contributed by atoms with Crippen molar-refractivity contribution >= 4 is 40.3 Å². The summed E-state index contributed by atoms with van der Waals surface area (Å²) in [7, 11) is -0.210. The summed E-state index contributed by atoms with van der Waals surface area (Å²) in [5.74, 6) is 0. The zero-order valence-corrected chi connectivity index (χ0v) is 22.2. The van der Waals surface area contributed by atoms with Gasteiger partial charge in [0.2, 0.25) is 0 Å². The molecule has 5 nitrogen and oxygen atoms in total. The van der Waals surface area contributed by atoms with Crippen LogP contribution in [0.1, 0.15) is 59.3 Å². The second kappa shape index (κ2) is 10.3. The molecule has 0 saturated carbocycles. The first-order chi connectivity index (χ1) is 12.8. The van der Waals surface area contributed by atoms with Gasteiger partial charge >= 0.3 is 176 Å². The maximum absolute atomic E-state index is 12.4. The van der Waals surface area contributed by atoms with E-state index in [-0.39, 0.29) is 0 Å². The van der Waals surface area contributed by atoms with Crippen LogP contribution in [-0.2, 0) is 10.2 Å². The van der Waals surface area contributed by atoms with Crippen molar-refractivity contribution < 1.29 is 8.42 Å². The van der Waals surface area contributed by atoms with E-state index in [1.54, 1.807) is 17.0 Å². The van der Waals surface area contributed by atoms with Gasteiger partial charge in [-0.05, 0) is 0 Å². The molecule has 0 radical (unpaired) electrons. The number of rotatable bonds is 12. The summed E-state index contributed by atoms with van der Waals surface area (Å²) in [6.45, 7) is 7.33. The Bertz CT molecular complexity index is 640. The van der Waals surface area contributed by atoms with Crippen molar-refractivity contribution in [2.75, 3.05) is 20.8 Å². The summed E-state index contributed by atoms with van der Waals surface area (Å²) in [5, 5.41) is 1.10. The van der Waals surface area contributed by atoms with Crippen molar-refractivity contribution in [1.29, 1.82) is 0 Å². The van der Waals surface area contributed by atoms with Gasteiger partial charge < -0.3 is 0 Å². The number of unbranched alkanes of at least 4 members (excludes halogenated alkanes) is 3. The Kier molecular flexibility index (Phi) is 8.89. The number of nitrogens with zero attached hydrogens (tertiary/aromatic N) is 3. The Labute approximate surface area is 175 Å². The van der Waals surface area contributed by atoms with Gasteiger partial charge in [0.1, 0.15) is 0 Å². The standard InChI is InChI=1S/C7H10N3O2S2.3C4H9.Sn/c1-8(2)14(11,12)10-5-7-9(6-10)3-4-13-7;3*1-3-4-2;/h3,5H,6H2,1-2H3;3*1,3-4H2,2H3;. The van der Waals surface area contributed by atoms with E-state index in [1.807, 2.05) is 18.0 Å². The molecule has 0 unspecified atom stereocenters. The first-order valence-corrected chi connectivity index (χ1v) is 20.1.